The van der Waals surface area contributed by atoms with Crippen molar-refractivity contribution < 1.29 is 19.8 Å². The third kappa shape index (κ3) is 10.8. The number of carboxylic acid groups (broad SMARTS) is 2. The summed E-state index contributed by atoms with van der Waals surface area (Å²) in [5, 5.41) is 25.8. The first-order valence-electron chi connectivity index (χ1n) is 13.0. The van der Waals surface area contributed by atoms with Crippen LogP contribution in [-0.4, -0.2) is 86.0 Å². The highest BCUT2D eigenvalue weighted by atomic mass is 16.4. The van der Waals surface area contributed by atoms with E-state index in [1.165, 1.54) is 57.4 Å². The summed E-state index contributed by atoms with van der Waals surface area (Å²) in [6.07, 6.45) is 10.4. The van der Waals surface area contributed by atoms with Crippen LogP contribution in [0.15, 0.2) is 18.2 Å². The number of nitrogens with zero attached hydrogens (tertiary/aromatic N) is 2. The molecule has 0 amide bonds. The van der Waals surface area contributed by atoms with Gasteiger partial charge in [-0.15, -0.1) is 0 Å². The third-order valence-electron chi connectivity index (χ3n) is 6.43. The van der Waals surface area contributed by atoms with E-state index in [1.807, 2.05) is 0 Å². The van der Waals surface area contributed by atoms with Crippen LogP contribution in [-0.2, 0) is 0 Å². The smallest absolute Gasteiger partial charge is 0.335 e. The lowest BCUT2D eigenvalue weighted by atomic mass is 10.1. The average molecular weight is 477 g/mol. The molecule has 1 fully saturated rings. The van der Waals surface area contributed by atoms with Crippen molar-refractivity contribution in [2.45, 2.75) is 58.3 Å². The highest BCUT2D eigenvalue weighted by molar-refractivity contribution is 5.95. The summed E-state index contributed by atoms with van der Waals surface area (Å²) >= 11 is 0. The van der Waals surface area contributed by atoms with Gasteiger partial charge in [-0.3, -0.25) is 0 Å². The van der Waals surface area contributed by atoms with E-state index in [-0.39, 0.29) is 11.1 Å². The van der Waals surface area contributed by atoms with Gasteiger partial charge >= 0.3 is 11.9 Å². The first kappa shape index (κ1) is 28.1. The van der Waals surface area contributed by atoms with E-state index in [1.54, 1.807) is 12.1 Å². The number of carbonyl (C=O) groups is 2. The maximum absolute atomic E-state index is 11.6. The van der Waals surface area contributed by atoms with Crippen molar-refractivity contribution in [1.29, 1.82) is 0 Å². The Morgan fingerprint density at radius 2 is 1.29 bits per heavy atom. The Morgan fingerprint density at radius 1 is 0.735 bits per heavy atom. The summed E-state index contributed by atoms with van der Waals surface area (Å²) < 4.78 is 0. The van der Waals surface area contributed by atoms with Gasteiger partial charge in [-0.25, -0.2) is 9.59 Å². The van der Waals surface area contributed by atoms with Gasteiger partial charge in [0.2, 0.25) is 0 Å². The molecule has 0 aromatic heterocycles. The van der Waals surface area contributed by atoms with Crippen LogP contribution in [0.3, 0.4) is 0 Å². The molecule has 192 valence electrons. The normalized spacial score (nSPS) is 16.6. The van der Waals surface area contributed by atoms with Crippen molar-refractivity contribution in [2.24, 2.45) is 0 Å². The summed E-state index contributed by atoms with van der Waals surface area (Å²) in [6.45, 7) is 10.0. The second-order valence-electron chi connectivity index (χ2n) is 9.18. The molecule has 8 nitrogen and oxygen atoms in total. The van der Waals surface area contributed by atoms with Crippen molar-refractivity contribution in [2.75, 3.05) is 63.8 Å². The van der Waals surface area contributed by atoms with E-state index in [2.05, 4.69) is 27.4 Å². The number of aromatic carboxylic acids is 2. The zero-order chi connectivity index (χ0) is 24.6. The Morgan fingerprint density at radius 3 is 1.88 bits per heavy atom. The maximum Gasteiger partial charge on any atom is 0.335 e. The highest BCUT2D eigenvalue weighted by Crippen LogP contribution is 2.20. The molecular weight excluding hydrogens is 432 g/mol. The largest absolute Gasteiger partial charge is 0.478 e. The van der Waals surface area contributed by atoms with Gasteiger partial charge in [0.05, 0.1) is 11.1 Å². The summed E-state index contributed by atoms with van der Waals surface area (Å²) in [6, 6.07) is 4.40. The lowest BCUT2D eigenvalue weighted by molar-refractivity contribution is 0.0696. The zero-order valence-electron chi connectivity index (χ0n) is 20.9. The molecule has 2 rings (SSSR count). The van der Waals surface area contributed by atoms with Gasteiger partial charge in [-0.2, -0.15) is 0 Å². The number of benzene rings is 1. The Kier molecular flexibility index (Phi) is 13.6. The summed E-state index contributed by atoms with van der Waals surface area (Å²) in [7, 11) is 0. The number of hydrogen-bond donors (Lipinski definition) is 4. The number of nitrogens with one attached hydrogen (secondary N) is 2. The van der Waals surface area contributed by atoms with Crippen LogP contribution in [0.1, 0.15) is 79.0 Å². The lowest BCUT2D eigenvalue weighted by Crippen LogP contribution is -2.44. The molecule has 1 saturated heterocycles. The van der Waals surface area contributed by atoms with Crippen molar-refractivity contribution in [3.8, 4) is 0 Å². The predicted octanol–water partition coefficient (Wildman–Crippen LogP) is 3.52. The van der Waals surface area contributed by atoms with E-state index < -0.39 is 11.9 Å². The van der Waals surface area contributed by atoms with Crippen LogP contribution in [0.4, 0.5) is 5.69 Å². The second-order valence-corrected chi connectivity index (χ2v) is 9.18. The lowest BCUT2D eigenvalue weighted by Gasteiger charge is -2.30. The predicted molar refractivity (Wildman–Crippen MR) is 137 cm³/mol. The molecule has 0 aliphatic carbocycles. The number of rotatable bonds is 12. The standard InChI is InChI=1S/C26H44N4O4/c1-2-3-4-5-6-7-8-9-14-29-15-12-27-10-11-28-13-16-30(18-17-29)24-20-22(25(31)32)19-23(21-24)26(33)34/h19-21,27-28H,2-18H2,1H3,(H,31,32)(H,33,34). The van der Waals surface area contributed by atoms with E-state index >= 15 is 0 Å². The van der Waals surface area contributed by atoms with Crippen molar-refractivity contribution in [3.05, 3.63) is 29.3 Å². The molecule has 1 heterocycles. The van der Waals surface area contributed by atoms with Gasteiger partial charge in [0.15, 0.2) is 0 Å². The third-order valence-corrected chi connectivity index (χ3v) is 6.43. The Labute approximate surface area is 204 Å². The molecule has 0 unspecified atom stereocenters. The minimum atomic E-state index is -1.11. The Bertz CT molecular complexity index is 711. The van der Waals surface area contributed by atoms with Crippen LogP contribution in [0.5, 0.6) is 0 Å². The first-order valence-corrected chi connectivity index (χ1v) is 13.0. The highest BCUT2D eigenvalue weighted by Gasteiger charge is 2.17. The van der Waals surface area contributed by atoms with Crippen molar-refractivity contribution in [3.63, 3.8) is 0 Å². The van der Waals surface area contributed by atoms with Crippen LogP contribution >= 0.6 is 0 Å². The van der Waals surface area contributed by atoms with Gasteiger partial charge in [0.1, 0.15) is 0 Å². The number of unbranched alkanes of at least 4 members (excludes halogenated alkanes) is 7. The molecule has 0 saturated carbocycles. The number of anilines is 1. The molecule has 8 heteroatoms. The quantitative estimate of drug-likeness (QED) is 0.340. The zero-order valence-corrected chi connectivity index (χ0v) is 20.9. The van der Waals surface area contributed by atoms with Crippen molar-refractivity contribution in [1.82, 2.24) is 15.5 Å². The average Bonchev–Trinajstić information content (AvgIpc) is 2.81. The minimum Gasteiger partial charge on any atom is -0.478 e. The fourth-order valence-corrected chi connectivity index (χ4v) is 4.36. The van der Waals surface area contributed by atoms with Crippen LogP contribution in [0, 0.1) is 0 Å². The van der Waals surface area contributed by atoms with Crippen LogP contribution < -0.4 is 15.5 Å². The topological polar surface area (TPSA) is 105 Å². The Hall–Kier alpha value is -2.16. The fraction of sp³-hybridized carbons (Fsp3) is 0.692. The minimum absolute atomic E-state index is 0.00830. The molecule has 0 atom stereocenters. The molecule has 1 aromatic rings. The summed E-state index contributed by atoms with van der Waals surface area (Å²) in [5.74, 6) is -2.22. The van der Waals surface area contributed by atoms with E-state index in [0.717, 1.165) is 52.4 Å². The van der Waals surface area contributed by atoms with Crippen LogP contribution in [0.2, 0.25) is 0 Å². The van der Waals surface area contributed by atoms with Gasteiger partial charge in [-0.05, 0) is 31.2 Å². The molecule has 0 bridgehead atoms. The molecule has 0 radical (unpaired) electrons. The molecule has 1 aliphatic rings. The van der Waals surface area contributed by atoms with Crippen LogP contribution in [0.25, 0.3) is 0 Å². The number of hydrogen-bond acceptors (Lipinski definition) is 6. The molecule has 34 heavy (non-hydrogen) atoms. The van der Waals surface area contributed by atoms with E-state index in [0.29, 0.717) is 12.2 Å². The van der Waals surface area contributed by atoms with Gasteiger partial charge < -0.3 is 30.6 Å². The van der Waals surface area contributed by atoms with E-state index in [4.69, 9.17) is 0 Å². The fourth-order valence-electron chi connectivity index (χ4n) is 4.36. The second kappa shape index (κ2) is 16.5. The van der Waals surface area contributed by atoms with Gasteiger partial charge in [-0.1, -0.05) is 51.9 Å². The first-order chi connectivity index (χ1) is 16.5. The summed E-state index contributed by atoms with van der Waals surface area (Å²) in [4.78, 5) is 27.7. The molecular formula is C26H44N4O4. The van der Waals surface area contributed by atoms with Gasteiger partial charge in [0.25, 0.3) is 0 Å². The van der Waals surface area contributed by atoms with Gasteiger partial charge in [0, 0.05) is 58.0 Å². The van der Waals surface area contributed by atoms with E-state index in [9.17, 15) is 19.8 Å². The summed E-state index contributed by atoms with van der Waals surface area (Å²) in [5.41, 5.74) is 0.671. The maximum atomic E-state index is 11.6. The molecule has 1 aliphatic heterocycles. The van der Waals surface area contributed by atoms with Crippen molar-refractivity contribution >= 4 is 17.6 Å². The Balaban J connectivity index is 1.99. The SMILES string of the molecule is CCCCCCCCCCN1CCNCCNCCN(c2cc(C(=O)O)cc(C(=O)O)c2)CC1. The molecule has 1 aromatic carbocycles. The molecule has 4 N–H and O–H groups in total. The molecule has 0 spiro atoms. The number of carboxylic acids is 2. The monoisotopic (exact) mass is 476 g/mol.